The zero-order chi connectivity index (χ0) is 8.81. The van der Waals surface area contributed by atoms with Gasteiger partial charge in [-0.25, -0.2) is 23.3 Å². The molecule has 0 aromatic carbocycles. The second-order valence-corrected chi connectivity index (χ2v) is 3.00. The van der Waals surface area contributed by atoms with Gasteiger partial charge >= 0.3 is 26.2 Å². The van der Waals surface area contributed by atoms with Crippen LogP contribution < -0.4 is 0 Å². The zero-order valence-corrected chi connectivity index (χ0v) is 11.5. The Bertz CT molecular complexity index is 229. The van der Waals surface area contributed by atoms with E-state index in [9.17, 15) is 0 Å². The van der Waals surface area contributed by atoms with Gasteiger partial charge in [0.2, 0.25) is 0 Å². The van der Waals surface area contributed by atoms with E-state index in [4.69, 9.17) is 0 Å². The third kappa shape index (κ3) is 10.00. The number of allylic oxidation sites excluding steroid dienone is 8. The fourth-order valence-corrected chi connectivity index (χ4v) is 0.998. The first kappa shape index (κ1) is 20.2. The maximum absolute atomic E-state index is 3.05. The largest absolute Gasteiger partial charge is 2.00 e. The van der Waals surface area contributed by atoms with Crippen molar-refractivity contribution in [3.05, 3.63) is 47.6 Å². The molecule has 0 atom stereocenters. The molecule has 0 heterocycles. The summed E-state index contributed by atoms with van der Waals surface area (Å²) in [6.07, 6.45) is 16.5. The number of rotatable bonds is 0. The van der Waals surface area contributed by atoms with Crippen LogP contribution in [0.25, 0.3) is 0 Å². The van der Waals surface area contributed by atoms with Crippen LogP contribution in [-0.2, 0) is 26.2 Å². The third-order valence-corrected chi connectivity index (χ3v) is 1.74. The average Bonchev–Trinajstić information content (AvgIpc) is 2.63. The minimum Gasteiger partial charge on any atom is -0.273 e. The molecule has 0 N–H and O–H groups in total. The summed E-state index contributed by atoms with van der Waals surface area (Å²) in [6.45, 7) is 4.17. The molecule has 0 spiro atoms. The van der Waals surface area contributed by atoms with Crippen LogP contribution in [0.15, 0.2) is 35.5 Å². The van der Waals surface area contributed by atoms with Gasteiger partial charge in [-0.2, -0.15) is 12.2 Å². The van der Waals surface area contributed by atoms with Crippen LogP contribution in [0.4, 0.5) is 9.41 Å². The van der Waals surface area contributed by atoms with Crippen molar-refractivity contribution in [1.29, 1.82) is 0 Å². The van der Waals surface area contributed by atoms with Crippen molar-refractivity contribution < 1.29 is 35.6 Å². The fourth-order valence-electron chi connectivity index (χ4n) is 0.998. The number of hydrogen-bond donors (Lipinski definition) is 0. The third-order valence-electron chi connectivity index (χ3n) is 1.74. The molecule has 0 radical (unpaired) electrons. The molecular formula is C12H16F2Zr. The molecule has 0 unspecified atom stereocenters. The first-order valence-electron chi connectivity index (χ1n) is 4.26. The Morgan fingerprint density at radius 3 is 1.27 bits per heavy atom. The molecule has 0 saturated carbocycles. The molecule has 2 rings (SSSR count). The van der Waals surface area contributed by atoms with E-state index in [2.05, 4.69) is 38.2 Å². The number of hydrogen-bond acceptors (Lipinski definition) is 0. The maximum atomic E-state index is 3.05. The van der Waals surface area contributed by atoms with Crippen molar-refractivity contribution in [2.75, 3.05) is 0 Å². The first-order chi connectivity index (χ1) is 5.79. The maximum Gasteiger partial charge on any atom is 2.00 e. The minimum atomic E-state index is 0. The summed E-state index contributed by atoms with van der Waals surface area (Å²) in [5.41, 5.74) is 2.69. The predicted molar refractivity (Wildman–Crippen MR) is 57.4 cm³/mol. The van der Waals surface area contributed by atoms with E-state index in [0.29, 0.717) is 0 Å². The molecule has 0 fully saturated rings. The van der Waals surface area contributed by atoms with E-state index in [1.807, 2.05) is 12.2 Å². The van der Waals surface area contributed by atoms with Gasteiger partial charge in [-0.15, -0.1) is 26.7 Å². The molecule has 2 aliphatic carbocycles. The summed E-state index contributed by atoms with van der Waals surface area (Å²) in [4.78, 5) is 0. The monoisotopic (exact) mass is 288 g/mol. The van der Waals surface area contributed by atoms with Gasteiger partial charge < -0.3 is 0 Å². The van der Waals surface area contributed by atoms with Crippen molar-refractivity contribution in [2.45, 2.75) is 26.7 Å². The molecule has 0 amide bonds. The van der Waals surface area contributed by atoms with Crippen LogP contribution in [-0.4, -0.2) is 0 Å². The summed E-state index contributed by atoms with van der Waals surface area (Å²) >= 11 is 0. The summed E-state index contributed by atoms with van der Waals surface area (Å²) in [6, 6.07) is 0. The smallest absolute Gasteiger partial charge is 0.273 e. The predicted octanol–water partition coefficient (Wildman–Crippen LogP) is 3.69. The Labute approximate surface area is 110 Å². The van der Waals surface area contributed by atoms with Gasteiger partial charge in [0, 0.05) is 0 Å². The van der Waals surface area contributed by atoms with Crippen molar-refractivity contribution in [1.82, 2.24) is 0 Å². The van der Waals surface area contributed by atoms with Crippen molar-refractivity contribution in [3.8, 4) is 0 Å². The zero-order valence-electron chi connectivity index (χ0n) is 9.04. The van der Waals surface area contributed by atoms with Gasteiger partial charge in [0.1, 0.15) is 0 Å². The van der Waals surface area contributed by atoms with Crippen LogP contribution in [0.3, 0.4) is 0 Å². The van der Waals surface area contributed by atoms with E-state index in [1.54, 1.807) is 0 Å². The molecule has 0 aromatic rings. The van der Waals surface area contributed by atoms with Crippen molar-refractivity contribution >= 4 is 0 Å². The summed E-state index contributed by atoms with van der Waals surface area (Å²) in [5, 5.41) is 0. The van der Waals surface area contributed by atoms with E-state index in [1.165, 1.54) is 11.1 Å². The van der Waals surface area contributed by atoms with Gasteiger partial charge in [-0.05, 0) is 0 Å². The molecule has 0 nitrogen and oxygen atoms in total. The van der Waals surface area contributed by atoms with E-state index in [0.717, 1.165) is 12.8 Å². The number of halogens is 2. The molecule has 0 saturated heterocycles. The minimum absolute atomic E-state index is 0. The van der Waals surface area contributed by atoms with Gasteiger partial charge in [0.05, 0.1) is 0 Å². The van der Waals surface area contributed by atoms with E-state index < -0.39 is 0 Å². The van der Waals surface area contributed by atoms with E-state index >= 15 is 0 Å². The second-order valence-electron chi connectivity index (χ2n) is 3.00. The van der Waals surface area contributed by atoms with Crippen LogP contribution in [0.1, 0.15) is 26.7 Å². The van der Waals surface area contributed by atoms with Gasteiger partial charge in [-0.1, -0.05) is 0 Å². The Kier molecular flexibility index (Phi) is 15.8. The van der Waals surface area contributed by atoms with Gasteiger partial charge in [0.25, 0.3) is 0 Å². The summed E-state index contributed by atoms with van der Waals surface area (Å²) in [5.74, 6) is 0. The average molecular weight is 289 g/mol. The van der Waals surface area contributed by atoms with Crippen LogP contribution >= 0.6 is 0 Å². The Hall–Kier alpha value is -0.297. The van der Waals surface area contributed by atoms with Crippen molar-refractivity contribution in [3.63, 3.8) is 0 Å². The van der Waals surface area contributed by atoms with Crippen LogP contribution in [0, 0.1) is 12.2 Å². The molecular weight excluding hydrogens is 273 g/mol. The van der Waals surface area contributed by atoms with Crippen molar-refractivity contribution in [2.24, 2.45) is 0 Å². The Balaban J connectivity index is -0.000000160. The Morgan fingerprint density at radius 1 is 0.867 bits per heavy atom. The van der Waals surface area contributed by atoms with Crippen LogP contribution in [0.5, 0.6) is 0 Å². The standard InChI is InChI=1S/2C6H7.2FH.Zr/c2*1-6-4-2-3-5-6;;;/h2*4-5H,2H2,1H3;2*1H;/q2*-1;;;+2. The summed E-state index contributed by atoms with van der Waals surface area (Å²) < 4.78 is 0. The normalized spacial score (nSPS) is 14.8. The molecule has 82 valence electrons. The first-order valence-corrected chi connectivity index (χ1v) is 4.26. The molecule has 0 bridgehead atoms. The second kappa shape index (κ2) is 11.8. The van der Waals surface area contributed by atoms with Crippen LogP contribution in [0.2, 0.25) is 0 Å². The quantitative estimate of drug-likeness (QED) is 0.597. The molecule has 2 aliphatic rings. The SMILES string of the molecule is CC1=CC[C-]=C1.CC1=CC[C-]=C1.F.F.[Zr+2]. The fraction of sp³-hybridized carbons (Fsp3) is 0.333. The molecule has 3 heteroatoms. The summed E-state index contributed by atoms with van der Waals surface area (Å²) in [7, 11) is 0. The molecule has 15 heavy (non-hydrogen) atoms. The molecule has 0 aromatic heterocycles. The van der Waals surface area contributed by atoms with Gasteiger partial charge in [0.15, 0.2) is 0 Å². The van der Waals surface area contributed by atoms with Gasteiger partial charge in [-0.3, -0.25) is 21.6 Å². The topological polar surface area (TPSA) is 0 Å². The Morgan fingerprint density at radius 2 is 1.20 bits per heavy atom. The van der Waals surface area contributed by atoms with E-state index in [-0.39, 0.29) is 35.6 Å². The molecule has 0 aliphatic heterocycles.